The van der Waals surface area contributed by atoms with Gasteiger partial charge in [-0.2, -0.15) is 0 Å². The lowest BCUT2D eigenvalue weighted by Gasteiger charge is -2.11. The molecule has 0 aromatic heterocycles. The summed E-state index contributed by atoms with van der Waals surface area (Å²) in [5.41, 5.74) is 7.49. The van der Waals surface area contributed by atoms with Crippen molar-refractivity contribution in [1.82, 2.24) is 0 Å². The summed E-state index contributed by atoms with van der Waals surface area (Å²) in [6, 6.07) is 14.3. The molecule has 4 heteroatoms. The van der Waals surface area contributed by atoms with Crippen molar-refractivity contribution < 1.29 is 9.53 Å². The predicted octanol–water partition coefficient (Wildman–Crippen LogP) is 3.31. The lowest BCUT2D eigenvalue weighted by atomic mass is 10.2. The molecule has 0 radical (unpaired) electrons. The van der Waals surface area contributed by atoms with Crippen molar-refractivity contribution in [3.8, 4) is 5.75 Å². The second-order valence-corrected chi connectivity index (χ2v) is 4.42. The molecule has 0 aliphatic heterocycles. The number of carbonyl (C=O) groups is 1. The maximum absolute atomic E-state index is 12.3. The molecule has 0 heterocycles. The maximum Gasteiger partial charge on any atom is 0.259 e. The number of nitrogens with one attached hydrogen (secondary N) is 1. The van der Waals surface area contributed by atoms with E-state index in [9.17, 15) is 4.79 Å². The lowest BCUT2D eigenvalue weighted by molar-refractivity contribution is 0.102. The molecule has 0 aliphatic carbocycles. The Labute approximate surface area is 118 Å². The molecule has 0 bridgehead atoms. The van der Waals surface area contributed by atoms with Crippen LogP contribution in [-0.4, -0.2) is 12.5 Å². The number of amides is 1. The normalized spacial score (nSPS) is 10.1. The Balaban J connectivity index is 2.16. The van der Waals surface area contributed by atoms with Crippen LogP contribution in [0.4, 0.5) is 11.4 Å². The van der Waals surface area contributed by atoms with Crippen molar-refractivity contribution in [1.29, 1.82) is 0 Å². The first kappa shape index (κ1) is 13.9. The Hall–Kier alpha value is -2.49. The molecule has 104 valence electrons. The van der Waals surface area contributed by atoms with Gasteiger partial charge >= 0.3 is 0 Å². The second-order valence-electron chi connectivity index (χ2n) is 4.42. The van der Waals surface area contributed by atoms with Crippen LogP contribution in [0.5, 0.6) is 5.75 Å². The Morgan fingerprint density at radius 1 is 1.20 bits per heavy atom. The van der Waals surface area contributed by atoms with Crippen LogP contribution in [0.3, 0.4) is 0 Å². The minimum atomic E-state index is -0.206. The van der Waals surface area contributed by atoms with E-state index < -0.39 is 0 Å². The Morgan fingerprint density at radius 3 is 2.75 bits per heavy atom. The van der Waals surface area contributed by atoms with Crippen molar-refractivity contribution in [2.45, 2.75) is 13.3 Å². The summed E-state index contributed by atoms with van der Waals surface area (Å²) in [7, 11) is 0. The van der Waals surface area contributed by atoms with Gasteiger partial charge < -0.3 is 15.8 Å². The first-order chi connectivity index (χ1) is 9.70. The fraction of sp³-hybridized carbons (Fsp3) is 0.188. The van der Waals surface area contributed by atoms with Crippen LogP contribution in [0.1, 0.15) is 23.7 Å². The molecule has 0 atom stereocenters. The van der Waals surface area contributed by atoms with Gasteiger partial charge in [0.15, 0.2) is 0 Å². The van der Waals surface area contributed by atoms with E-state index in [1.54, 1.807) is 36.4 Å². The third-order valence-corrected chi connectivity index (χ3v) is 2.74. The van der Waals surface area contributed by atoms with Crippen LogP contribution in [0.2, 0.25) is 0 Å². The molecule has 2 aromatic carbocycles. The second kappa shape index (κ2) is 6.61. The van der Waals surface area contributed by atoms with Crippen molar-refractivity contribution in [3.05, 3.63) is 54.1 Å². The molecule has 2 rings (SSSR count). The topological polar surface area (TPSA) is 64.3 Å². The number of para-hydroxylation sites is 1. The highest BCUT2D eigenvalue weighted by molar-refractivity contribution is 6.06. The molecule has 0 spiro atoms. The van der Waals surface area contributed by atoms with E-state index in [2.05, 4.69) is 5.32 Å². The molecule has 4 nitrogen and oxygen atoms in total. The average molecular weight is 270 g/mol. The molecule has 0 aliphatic rings. The number of nitrogens with two attached hydrogens (primary N) is 1. The minimum absolute atomic E-state index is 0.206. The van der Waals surface area contributed by atoms with Crippen LogP contribution in [0.25, 0.3) is 0 Å². The number of carbonyl (C=O) groups excluding carboxylic acids is 1. The van der Waals surface area contributed by atoms with Crippen molar-refractivity contribution in [2.75, 3.05) is 17.7 Å². The van der Waals surface area contributed by atoms with Crippen LogP contribution in [0.15, 0.2) is 48.5 Å². The number of benzene rings is 2. The van der Waals surface area contributed by atoms with Gasteiger partial charge in [0.1, 0.15) is 5.75 Å². The van der Waals surface area contributed by atoms with E-state index in [4.69, 9.17) is 10.5 Å². The monoisotopic (exact) mass is 270 g/mol. The van der Waals surface area contributed by atoms with Gasteiger partial charge in [-0.25, -0.2) is 0 Å². The summed E-state index contributed by atoms with van der Waals surface area (Å²) in [6.45, 7) is 2.61. The fourth-order valence-corrected chi connectivity index (χ4v) is 1.81. The standard InChI is InChI=1S/C16H18N2O2/c1-2-10-20-15-9-4-3-8-14(15)16(19)18-13-7-5-6-12(17)11-13/h3-9,11H,2,10,17H2,1H3,(H,18,19). The van der Waals surface area contributed by atoms with Gasteiger partial charge in [-0.15, -0.1) is 0 Å². The van der Waals surface area contributed by atoms with Crippen LogP contribution in [-0.2, 0) is 0 Å². The number of hydrogen-bond donors (Lipinski definition) is 2. The zero-order valence-corrected chi connectivity index (χ0v) is 11.4. The molecular weight excluding hydrogens is 252 g/mol. The number of hydrogen-bond acceptors (Lipinski definition) is 3. The summed E-state index contributed by atoms with van der Waals surface area (Å²) < 4.78 is 5.58. The highest BCUT2D eigenvalue weighted by Gasteiger charge is 2.12. The maximum atomic E-state index is 12.3. The lowest BCUT2D eigenvalue weighted by Crippen LogP contribution is -2.14. The highest BCUT2D eigenvalue weighted by atomic mass is 16.5. The first-order valence-electron chi connectivity index (χ1n) is 6.59. The third kappa shape index (κ3) is 3.51. The molecule has 20 heavy (non-hydrogen) atoms. The summed E-state index contributed by atoms with van der Waals surface area (Å²) in [5.74, 6) is 0.387. The predicted molar refractivity (Wildman–Crippen MR) is 81.0 cm³/mol. The number of nitrogen functional groups attached to an aromatic ring is 1. The first-order valence-corrected chi connectivity index (χ1v) is 6.59. The molecule has 0 unspecified atom stereocenters. The number of anilines is 2. The Morgan fingerprint density at radius 2 is 2.00 bits per heavy atom. The molecule has 3 N–H and O–H groups in total. The highest BCUT2D eigenvalue weighted by Crippen LogP contribution is 2.20. The summed E-state index contributed by atoms with van der Waals surface area (Å²) >= 11 is 0. The Kier molecular flexibility index (Phi) is 4.60. The van der Waals surface area contributed by atoms with E-state index >= 15 is 0 Å². The molecule has 2 aromatic rings. The van der Waals surface area contributed by atoms with Gasteiger partial charge in [-0.05, 0) is 36.8 Å². The van der Waals surface area contributed by atoms with Crippen molar-refractivity contribution in [3.63, 3.8) is 0 Å². The quantitative estimate of drug-likeness (QED) is 0.819. The van der Waals surface area contributed by atoms with Crippen molar-refractivity contribution in [2.24, 2.45) is 0 Å². The van der Waals surface area contributed by atoms with E-state index in [0.717, 1.165) is 6.42 Å². The van der Waals surface area contributed by atoms with E-state index in [0.29, 0.717) is 29.3 Å². The SMILES string of the molecule is CCCOc1ccccc1C(=O)Nc1cccc(N)c1. The van der Waals surface area contributed by atoms with Gasteiger partial charge in [0.05, 0.1) is 12.2 Å². The van der Waals surface area contributed by atoms with Gasteiger partial charge in [0, 0.05) is 11.4 Å². The van der Waals surface area contributed by atoms with Crippen LogP contribution in [0, 0.1) is 0 Å². The van der Waals surface area contributed by atoms with Gasteiger partial charge in [-0.3, -0.25) is 4.79 Å². The molecule has 1 amide bonds. The molecule has 0 saturated heterocycles. The van der Waals surface area contributed by atoms with Gasteiger partial charge in [0.2, 0.25) is 0 Å². The summed E-state index contributed by atoms with van der Waals surface area (Å²) in [6.07, 6.45) is 0.894. The largest absolute Gasteiger partial charge is 0.493 e. The number of rotatable bonds is 5. The number of ether oxygens (including phenoxy) is 1. The van der Waals surface area contributed by atoms with Gasteiger partial charge in [-0.1, -0.05) is 25.1 Å². The molecule has 0 fully saturated rings. The van der Waals surface area contributed by atoms with Crippen LogP contribution < -0.4 is 15.8 Å². The van der Waals surface area contributed by atoms with E-state index in [-0.39, 0.29) is 5.91 Å². The average Bonchev–Trinajstić information content (AvgIpc) is 2.45. The molecular formula is C16H18N2O2. The summed E-state index contributed by atoms with van der Waals surface area (Å²) in [4.78, 5) is 12.3. The molecule has 0 saturated carbocycles. The minimum Gasteiger partial charge on any atom is -0.493 e. The fourth-order valence-electron chi connectivity index (χ4n) is 1.81. The zero-order valence-electron chi connectivity index (χ0n) is 11.4. The van der Waals surface area contributed by atoms with E-state index in [1.807, 2.05) is 19.1 Å². The Bertz CT molecular complexity index is 597. The van der Waals surface area contributed by atoms with E-state index in [1.165, 1.54) is 0 Å². The van der Waals surface area contributed by atoms with Gasteiger partial charge in [0.25, 0.3) is 5.91 Å². The summed E-state index contributed by atoms with van der Waals surface area (Å²) in [5, 5.41) is 2.82. The van der Waals surface area contributed by atoms with Crippen molar-refractivity contribution >= 4 is 17.3 Å². The zero-order chi connectivity index (χ0) is 14.4. The third-order valence-electron chi connectivity index (χ3n) is 2.74. The van der Waals surface area contributed by atoms with Crippen LogP contribution >= 0.6 is 0 Å². The smallest absolute Gasteiger partial charge is 0.259 e.